The first-order valence-corrected chi connectivity index (χ1v) is 11.2. The summed E-state index contributed by atoms with van der Waals surface area (Å²) in [5, 5.41) is 5.09. The fraction of sp³-hybridized carbons (Fsp3) is 0.240. The van der Waals surface area contributed by atoms with Gasteiger partial charge in [-0.15, -0.1) is 11.3 Å². The van der Waals surface area contributed by atoms with Crippen molar-refractivity contribution in [3.63, 3.8) is 0 Å². The molecule has 4 rings (SSSR count). The van der Waals surface area contributed by atoms with Crippen molar-refractivity contribution in [2.45, 2.75) is 19.9 Å². The molecule has 2 aromatic carbocycles. The lowest BCUT2D eigenvalue weighted by molar-refractivity contribution is -0.111. The van der Waals surface area contributed by atoms with Crippen LogP contribution in [0.2, 0.25) is 0 Å². The van der Waals surface area contributed by atoms with Crippen molar-refractivity contribution in [1.29, 1.82) is 0 Å². The number of nitrogens with one attached hydrogen (secondary N) is 1. The maximum Gasteiger partial charge on any atom is 0.248 e. The van der Waals surface area contributed by atoms with Gasteiger partial charge in [-0.25, -0.2) is 0 Å². The zero-order valence-electron chi connectivity index (χ0n) is 17.8. The number of benzene rings is 2. The zero-order chi connectivity index (χ0) is 21.6. The van der Waals surface area contributed by atoms with Gasteiger partial charge in [0, 0.05) is 35.4 Å². The predicted molar refractivity (Wildman–Crippen MR) is 127 cm³/mol. The van der Waals surface area contributed by atoms with Crippen LogP contribution < -0.4 is 19.7 Å². The second kappa shape index (κ2) is 9.71. The van der Waals surface area contributed by atoms with E-state index in [-0.39, 0.29) is 5.91 Å². The highest BCUT2D eigenvalue weighted by atomic mass is 32.1. The van der Waals surface area contributed by atoms with E-state index in [1.807, 2.05) is 48.6 Å². The van der Waals surface area contributed by atoms with Crippen molar-refractivity contribution in [1.82, 2.24) is 0 Å². The largest absolute Gasteiger partial charge is 0.493 e. The number of rotatable bonds is 7. The van der Waals surface area contributed by atoms with Crippen molar-refractivity contribution < 1.29 is 14.3 Å². The maximum atomic E-state index is 12.3. The summed E-state index contributed by atoms with van der Waals surface area (Å²) in [6.45, 7) is 4.46. The van der Waals surface area contributed by atoms with E-state index in [1.54, 1.807) is 13.2 Å². The van der Waals surface area contributed by atoms with Crippen LogP contribution in [0.3, 0.4) is 0 Å². The highest BCUT2D eigenvalue weighted by molar-refractivity contribution is 7.10. The SMILES string of the molecule is CCOc1ccc(/C=C/C(=O)Nc2ccc(N3CCc4sccc4C3)cc2)cc1OC. The minimum absolute atomic E-state index is 0.179. The fourth-order valence-electron chi connectivity index (χ4n) is 3.64. The van der Waals surface area contributed by atoms with Gasteiger partial charge in [0.1, 0.15) is 0 Å². The molecule has 1 aliphatic heterocycles. The average molecular weight is 435 g/mol. The van der Waals surface area contributed by atoms with Crippen molar-refractivity contribution >= 4 is 34.7 Å². The third kappa shape index (κ3) is 5.09. The zero-order valence-corrected chi connectivity index (χ0v) is 18.6. The Morgan fingerprint density at radius 3 is 2.77 bits per heavy atom. The van der Waals surface area contributed by atoms with E-state index < -0.39 is 0 Å². The molecule has 6 heteroatoms. The molecule has 0 saturated carbocycles. The molecule has 1 aliphatic rings. The van der Waals surface area contributed by atoms with Crippen LogP contribution in [-0.4, -0.2) is 26.2 Å². The number of carbonyl (C=O) groups excluding carboxylic acids is 1. The second-order valence-electron chi connectivity index (χ2n) is 7.25. The number of methoxy groups -OCH3 is 1. The number of anilines is 2. The lowest BCUT2D eigenvalue weighted by Crippen LogP contribution is -2.29. The van der Waals surface area contributed by atoms with Gasteiger partial charge < -0.3 is 19.7 Å². The van der Waals surface area contributed by atoms with Gasteiger partial charge in [-0.2, -0.15) is 0 Å². The molecule has 0 radical (unpaired) electrons. The second-order valence-corrected chi connectivity index (χ2v) is 8.25. The molecule has 0 spiro atoms. The van der Waals surface area contributed by atoms with Crippen LogP contribution in [0.25, 0.3) is 6.08 Å². The van der Waals surface area contributed by atoms with Crippen LogP contribution in [0.4, 0.5) is 11.4 Å². The minimum atomic E-state index is -0.179. The third-order valence-corrected chi connectivity index (χ3v) is 6.25. The molecule has 0 aliphatic carbocycles. The number of hydrogen-bond donors (Lipinski definition) is 1. The highest BCUT2D eigenvalue weighted by Crippen LogP contribution is 2.29. The molecule has 0 fully saturated rings. The standard InChI is InChI=1S/C25H26N2O3S/c1-3-30-22-10-4-18(16-23(22)29-2)5-11-25(28)26-20-6-8-21(9-7-20)27-14-12-24-19(17-27)13-15-31-24/h4-11,13,15-16H,3,12,14,17H2,1-2H3,(H,26,28)/b11-5+. The van der Waals surface area contributed by atoms with Crippen LogP contribution in [0.5, 0.6) is 11.5 Å². The highest BCUT2D eigenvalue weighted by Gasteiger charge is 2.17. The molecule has 5 nitrogen and oxygen atoms in total. The molecule has 1 aromatic heterocycles. The average Bonchev–Trinajstić information content (AvgIpc) is 3.27. The van der Waals surface area contributed by atoms with Crippen molar-refractivity contribution in [2.24, 2.45) is 0 Å². The van der Waals surface area contributed by atoms with Crippen molar-refractivity contribution in [3.05, 3.63) is 76.0 Å². The number of nitrogens with zero attached hydrogens (tertiary/aromatic N) is 1. The van der Waals surface area contributed by atoms with E-state index in [0.29, 0.717) is 18.1 Å². The van der Waals surface area contributed by atoms with Crippen molar-refractivity contribution in [3.8, 4) is 11.5 Å². The van der Waals surface area contributed by atoms with E-state index in [1.165, 1.54) is 22.2 Å². The first-order valence-electron chi connectivity index (χ1n) is 10.4. The Balaban J connectivity index is 1.36. The summed E-state index contributed by atoms with van der Waals surface area (Å²) < 4.78 is 10.9. The maximum absolute atomic E-state index is 12.3. The van der Waals surface area contributed by atoms with Gasteiger partial charge in [-0.3, -0.25) is 4.79 Å². The Kier molecular flexibility index (Phi) is 6.57. The summed E-state index contributed by atoms with van der Waals surface area (Å²) in [7, 11) is 1.60. The molecule has 0 bridgehead atoms. The van der Waals surface area contributed by atoms with Crippen LogP contribution >= 0.6 is 11.3 Å². The lowest BCUT2D eigenvalue weighted by atomic mass is 10.1. The van der Waals surface area contributed by atoms with Crippen LogP contribution in [0, 0.1) is 0 Å². The molecule has 1 N–H and O–H groups in total. The summed E-state index contributed by atoms with van der Waals surface area (Å²) in [5.41, 5.74) is 4.23. The van der Waals surface area contributed by atoms with Gasteiger partial charge >= 0.3 is 0 Å². The summed E-state index contributed by atoms with van der Waals surface area (Å²) in [6.07, 6.45) is 4.37. The smallest absolute Gasteiger partial charge is 0.248 e. The number of amides is 1. The topological polar surface area (TPSA) is 50.8 Å². The number of carbonyl (C=O) groups is 1. The van der Waals surface area contributed by atoms with Gasteiger partial charge in [-0.05, 0) is 78.4 Å². The Bertz CT molecular complexity index is 1070. The van der Waals surface area contributed by atoms with E-state index in [4.69, 9.17) is 9.47 Å². The van der Waals surface area contributed by atoms with Crippen LogP contribution in [-0.2, 0) is 17.8 Å². The summed E-state index contributed by atoms with van der Waals surface area (Å²) in [4.78, 5) is 16.2. The van der Waals surface area contributed by atoms with E-state index >= 15 is 0 Å². The quantitative estimate of drug-likeness (QED) is 0.508. The first-order chi connectivity index (χ1) is 15.2. The number of hydrogen-bond acceptors (Lipinski definition) is 5. The molecule has 1 amide bonds. The molecule has 0 unspecified atom stereocenters. The third-order valence-electron chi connectivity index (χ3n) is 5.22. The van der Waals surface area contributed by atoms with E-state index in [2.05, 4.69) is 33.8 Å². The number of ether oxygens (including phenoxy) is 2. The van der Waals surface area contributed by atoms with E-state index in [0.717, 1.165) is 30.8 Å². The minimum Gasteiger partial charge on any atom is -0.493 e. The predicted octanol–water partition coefficient (Wildman–Crippen LogP) is 5.37. The Labute approximate surface area is 186 Å². The summed E-state index contributed by atoms with van der Waals surface area (Å²) in [5.74, 6) is 1.16. The van der Waals surface area contributed by atoms with Crippen LogP contribution in [0.15, 0.2) is 60.0 Å². The molecule has 3 aromatic rings. The Hall–Kier alpha value is -3.25. The Morgan fingerprint density at radius 2 is 2.00 bits per heavy atom. The van der Waals surface area contributed by atoms with Gasteiger partial charge in [0.25, 0.3) is 0 Å². The fourth-order valence-corrected chi connectivity index (χ4v) is 4.53. The summed E-state index contributed by atoms with van der Waals surface area (Å²) >= 11 is 1.85. The molecule has 31 heavy (non-hydrogen) atoms. The van der Waals surface area contributed by atoms with Gasteiger partial charge in [0.05, 0.1) is 13.7 Å². The Morgan fingerprint density at radius 1 is 1.16 bits per heavy atom. The van der Waals surface area contributed by atoms with Crippen LogP contribution in [0.1, 0.15) is 22.9 Å². The summed E-state index contributed by atoms with van der Waals surface area (Å²) in [6, 6.07) is 15.8. The number of fused-ring (bicyclic) bond motifs is 1. The number of thiophene rings is 1. The molecular weight excluding hydrogens is 408 g/mol. The van der Waals surface area contributed by atoms with Gasteiger partial charge in [0.15, 0.2) is 11.5 Å². The molecular formula is C25H26N2O3S. The molecule has 0 atom stereocenters. The molecule has 0 saturated heterocycles. The first kappa shape index (κ1) is 21.0. The van der Waals surface area contributed by atoms with E-state index in [9.17, 15) is 4.79 Å². The molecule has 2 heterocycles. The monoisotopic (exact) mass is 434 g/mol. The van der Waals surface area contributed by atoms with Crippen molar-refractivity contribution in [2.75, 3.05) is 30.5 Å². The molecule has 160 valence electrons. The van der Waals surface area contributed by atoms with Gasteiger partial charge in [0.2, 0.25) is 5.91 Å². The lowest BCUT2D eigenvalue weighted by Gasteiger charge is -2.29. The van der Waals surface area contributed by atoms with Gasteiger partial charge in [-0.1, -0.05) is 6.07 Å². The normalized spacial score (nSPS) is 13.2.